The van der Waals surface area contributed by atoms with Gasteiger partial charge >= 0.3 is 0 Å². The molecule has 0 saturated carbocycles. The van der Waals surface area contributed by atoms with Crippen molar-refractivity contribution in [2.45, 2.75) is 0 Å². The number of hydrogen-bond acceptors (Lipinski definition) is 3. The third kappa shape index (κ3) is 3.01. The summed E-state index contributed by atoms with van der Waals surface area (Å²) >= 11 is 3.27. The van der Waals surface area contributed by atoms with Crippen LogP contribution in [-0.2, 0) is 9.53 Å². The zero-order chi connectivity index (χ0) is 10.6. The van der Waals surface area contributed by atoms with Crippen LogP contribution >= 0.6 is 15.9 Å². The second-order valence-corrected chi connectivity index (χ2v) is 3.57. The molecule has 0 aliphatic rings. The number of rotatable bonds is 3. The number of nitrogens with two attached hydrogens (primary N) is 1. The molecule has 14 heavy (non-hydrogen) atoms. The molecular weight excluding hydrogens is 248 g/mol. The van der Waals surface area contributed by atoms with E-state index in [1.807, 2.05) is 0 Å². The molecule has 0 unspecified atom stereocenters. The molecule has 1 aromatic rings. The van der Waals surface area contributed by atoms with E-state index in [2.05, 4.69) is 26.0 Å². The summed E-state index contributed by atoms with van der Waals surface area (Å²) < 4.78 is 5.44. The first-order valence-electron chi connectivity index (χ1n) is 3.97. The summed E-state index contributed by atoms with van der Waals surface area (Å²) in [7, 11) is 1.47. The van der Waals surface area contributed by atoms with Gasteiger partial charge in [-0.1, -0.05) is 0 Å². The number of nitrogens with one attached hydrogen (secondary N) is 1. The number of benzene rings is 1. The smallest absolute Gasteiger partial charge is 0.250 e. The van der Waals surface area contributed by atoms with Crippen LogP contribution < -0.4 is 11.1 Å². The molecule has 1 rings (SSSR count). The van der Waals surface area contributed by atoms with E-state index < -0.39 is 0 Å². The predicted octanol–water partition coefficient (Wildman–Crippen LogP) is 1.62. The number of halogens is 1. The molecule has 3 N–H and O–H groups in total. The van der Waals surface area contributed by atoms with Crippen LogP contribution in [0.5, 0.6) is 0 Å². The lowest BCUT2D eigenvalue weighted by molar-refractivity contribution is -0.119. The highest BCUT2D eigenvalue weighted by Crippen LogP contribution is 2.22. The Morgan fingerprint density at radius 2 is 2.36 bits per heavy atom. The molecule has 0 fully saturated rings. The van der Waals surface area contributed by atoms with E-state index in [0.29, 0.717) is 11.4 Å². The second kappa shape index (κ2) is 4.97. The predicted molar refractivity (Wildman–Crippen MR) is 59.1 cm³/mol. The third-order valence-corrected chi connectivity index (χ3v) is 2.25. The van der Waals surface area contributed by atoms with Gasteiger partial charge in [0.25, 0.3) is 0 Å². The highest BCUT2D eigenvalue weighted by Gasteiger charge is 2.02. The zero-order valence-electron chi connectivity index (χ0n) is 7.71. The summed E-state index contributed by atoms with van der Waals surface area (Å²) in [4.78, 5) is 11.1. The van der Waals surface area contributed by atoms with Crippen molar-refractivity contribution in [3.8, 4) is 0 Å². The third-order valence-electron chi connectivity index (χ3n) is 1.56. The van der Waals surface area contributed by atoms with Crippen LogP contribution in [0.2, 0.25) is 0 Å². The Labute approximate surface area is 90.6 Å². The Balaban J connectivity index is 2.68. The van der Waals surface area contributed by atoms with Crippen molar-refractivity contribution in [1.29, 1.82) is 0 Å². The molecule has 0 bridgehead atoms. The normalized spacial score (nSPS) is 9.86. The lowest BCUT2D eigenvalue weighted by Gasteiger charge is -2.05. The molecule has 0 heterocycles. The lowest BCUT2D eigenvalue weighted by atomic mass is 10.3. The molecule has 0 aromatic heterocycles. The minimum Gasteiger partial charge on any atom is -0.398 e. The summed E-state index contributed by atoms with van der Waals surface area (Å²) in [6.07, 6.45) is 0. The Kier molecular flexibility index (Phi) is 3.91. The summed E-state index contributed by atoms with van der Waals surface area (Å²) in [5, 5.41) is 2.66. The van der Waals surface area contributed by atoms with Gasteiger partial charge in [-0.3, -0.25) is 4.79 Å². The molecule has 4 nitrogen and oxygen atoms in total. The first-order chi connectivity index (χ1) is 6.63. The summed E-state index contributed by atoms with van der Waals surface area (Å²) in [6.45, 7) is 0.0436. The van der Waals surface area contributed by atoms with Crippen molar-refractivity contribution in [3.63, 3.8) is 0 Å². The molecule has 1 aromatic carbocycles. The summed E-state index contributed by atoms with van der Waals surface area (Å²) in [6, 6.07) is 5.18. The van der Waals surface area contributed by atoms with Crippen molar-refractivity contribution in [2.75, 3.05) is 24.8 Å². The Bertz CT molecular complexity index is 342. The Morgan fingerprint density at radius 1 is 1.64 bits per heavy atom. The first-order valence-corrected chi connectivity index (χ1v) is 4.76. The van der Waals surface area contributed by atoms with Gasteiger partial charge in [-0.2, -0.15) is 0 Å². The fraction of sp³-hybridized carbons (Fsp3) is 0.222. The van der Waals surface area contributed by atoms with Gasteiger partial charge in [-0.05, 0) is 34.1 Å². The van der Waals surface area contributed by atoms with Crippen LogP contribution in [0.1, 0.15) is 0 Å². The van der Waals surface area contributed by atoms with Crippen LogP contribution in [0.4, 0.5) is 11.4 Å². The Morgan fingerprint density at radius 3 is 2.93 bits per heavy atom. The number of nitrogen functional groups attached to an aromatic ring is 1. The van der Waals surface area contributed by atoms with E-state index in [4.69, 9.17) is 5.73 Å². The number of anilines is 2. The average molecular weight is 259 g/mol. The van der Waals surface area contributed by atoms with Crippen molar-refractivity contribution >= 4 is 33.2 Å². The van der Waals surface area contributed by atoms with Gasteiger partial charge in [0, 0.05) is 23.0 Å². The van der Waals surface area contributed by atoms with Crippen molar-refractivity contribution in [1.82, 2.24) is 0 Å². The van der Waals surface area contributed by atoms with Crippen molar-refractivity contribution in [3.05, 3.63) is 22.7 Å². The largest absolute Gasteiger partial charge is 0.398 e. The van der Waals surface area contributed by atoms with E-state index in [1.54, 1.807) is 18.2 Å². The molecule has 1 amide bonds. The number of amides is 1. The molecule has 0 aliphatic carbocycles. The Hall–Kier alpha value is -1.07. The number of carbonyl (C=O) groups is 1. The minimum absolute atomic E-state index is 0.0436. The number of methoxy groups -OCH3 is 1. The number of carbonyl (C=O) groups excluding carboxylic acids is 1. The fourth-order valence-electron chi connectivity index (χ4n) is 0.933. The van der Waals surface area contributed by atoms with Crippen LogP contribution in [-0.4, -0.2) is 19.6 Å². The van der Waals surface area contributed by atoms with Crippen LogP contribution in [0.15, 0.2) is 22.7 Å². The molecular formula is C9H11BrN2O2. The monoisotopic (exact) mass is 258 g/mol. The number of ether oxygens (including phenoxy) is 1. The lowest BCUT2D eigenvalue weighted by Crippen LogP contribution is -2.17. The molecule has 5 heteroatoms. The highest BCUT2D eigenvalue weighted by atomic mass is 79.9. The van der Waals surface area contributed by atoms with Gasteiger partial charge in [0.1, 0.15) is 6.61 Å². The summed E-state index contributed by atoms with van der Waals surface area (Å²) in [5.41, 5.74) is 6.92. The molecule has 0 aliphatic heterocycles. The van der Waals surface area contributed by atoms with Gasteiger partial charge in [-0.15, -0.1) is 0 Å². The minimum atomic E-state index is -0.191. The second-order valence-electron chi connectivity index (χ2n) is 2.72. The van der Waals surface area contributed by atoms with E-state index in [1.165, 1.54) is 7.11 Å². The van der Waals surface area contributed by atoms with E-state index in [0.717, 1.165) is 4.47 Å². The quantitative estimate of drug-likeness (QED) is 0.810. The van der Waals surface area contributed by atoms with Crippen LogP contribution in [0.3, 0.4) is 0 Å². The van der Waals surface area contributed by atoms with Gasteiger partial charge in [-0.25, -0.2) is 0 Å². The van der Waals surface area contributed by atoms with E-state index >= 15 is 0 Å². The topological polar surface area (TPSA) is 64.3 Å². The van der Waals surface area contributed by atoms with E-state index in [-0.39, 0.29) is 12.5 Å². The highest BCUT2D eigenvalue weighted by molar-refractivity contribution is 9.10. The van der Waals surface area contributed by atoms with Gasteiger partial charge in [0.05, 0.1) is 0 Å². The molecule has 0 radical (unpaired) electrons. The van der Waals surface area contributed by atoms with Gasteiger partial charge in [0.2, 0.25) is 5.91 Å². The zero-order valence-corrected chi connectivity index (χ0v) is 9.30. The number of hydrogen-bond donors (Lipinski definition) is 2. The molecule has 76 valence electrons. The first kappa shape index (κ1) is 11.0. The van der Waals surface area contributed by atoms with Gasteiger partial charge in [0.15, 0.2) is 0 Å². The summed E-state index contributed by atoms with van der Waals surface area (Å²) in [5.74, 6) is -0.191. The van der Waals surface area contributed by atoms with Crippen LogP contribution in [0, 0.1) is 0 Å². The fourth-order valence-corrected chi connectivity index (χ4v) is 1.31. The maximum Gasteiger partial charge on any atom is 0.250 e. The van der Waals surface area contributed by atoms with Crippen molar-refractivity contribution in [2.24, 2.45) is 0 Å². The van der Waals surface area contributed by atoms with E-state index in [9.17, 15) is 4.79 Å². The van der Waals surface area contributed by atoms with Crippen molar-refractivity contribution < 1.29 is 9.53 Å². The average Bonchev–Trinajstić information content (AvgIpc) is 2.12. The SMILES string of the molecule is COCC(=O)Nc1ccc(N)c(Br)c1. The molecule has 0 atom stereocenters. The molecule has 0 saturated heterocycles. The molecule has 0 spiro atoms. The maximum absolute atomic E-state index is 11.1. The maximum atomic E-state index is 11.1. The standard InChI is InChI=1S/C9H11BrN2O2/c1-14-5-9(13)12-6-2-3-8(11)7(10)4-6/h2-4H,5,11H2,1H3,(H,12,13). The van der Waals surface area contributed by atoms with Gasteiger partial charge < -0.3 is 15.8 Å². The van der Waals surface area contributed by atoms with Crippen LogP contribution in [0.25, 0.3) is 0 Å².